The van der Waals surface area contributed by atoms with Gasteiger partial charge in [0.25, 0.3) is 0 Å². The Bertz CT molecular complexity index is 1370. The van der Waals surface area contributed by atoms with Gasteiger partial charge in [-0.3, -0.25) is 9.80 Å². The SMILES string of the molecule is C=CCNC[C@H]1c2c(c(O)c(C)c3c2OCO3)CC2[C@H]3c4c(cc(C)c(OC)c4O)C[C@@H]([C@H](C#N)N21)N3C. The van der Waals surface area contributed by atoms with E-state index >= 15 is 0 Å². The summed E-state index contributed by atoms with van der Waals surface area (Å²) in [6.45, 7) is 8.85. The first kappa shape index (κ1) is 24.9. The predicted octanol–water partition coefficient (Wildman–Crippen LogP) is 3.00. The number of nitrogens with one attached hydrogen (secondary N) is 1. The largest absolute Gasteiger partial charge is 0.507 e. The Morgan fingerprint density at radius 3 is 2.66 bits per heavy atom. The lowest BCUT2D eigenvalue weighted by atomic mass is 9.71. The van der Waals surface area contributed by atoms with Crippen LogP contribution in [0.4, 0.5) is 0 Å². The first-order chi connectivity index (χ1) is 18.3. The number of piperazine rings is 1. The van der Waals surface area contributed by atoms with Gasteiger partial charge in [-0.25, -0.2) is 0 Å². The zero-order chi connectivity index (χ0) is 26.9. The number of rotatable bonds is 5. The van der Waals surface area contributed by atoms with Gasteiger partial charge in [0, 0.05) is 47.4 Å². The molecule has 4 aliphatic heterocycles. The van der Waals surface area contributed by atoms with Crippen LogP contribution < -0.4 is 19.5 Å². The molecule has 38 heavy (non-hydrogen) atoms. The van der Waals surface area contributed by atoms with Gasteiger partial charge >= 0.3 is 0 Å². The second kappa shape index (κ2) is 9.09. The van der Waals surface area contributed by atoms with Crippen molar-refractivity contribution in [3.63, 3.8) is 0 Å². The number of aryl methyl sites for hydroxylation is 1. The van der Waals surface area contributed by atoms with Gasteiger partial charge in [0.15, 0.2) is 23.0 Å². The van der Waals surface area contributed by atoms with Crippen LogP contribution in [0.2, 0.25) is 0 Å². The molecular weight excluding hydrogens is 484 g/mol. The van der Waals surface area contributed by atoms with Crippen LogP contribution in [0, 0.1) is 25.2 Å². The summed E-state index contributed by atoms with van der Waals surface area (Å²) in [4.78, 5) is 4.53. The highest BCUT2D eigenvalue weighted by molar-refractivity contribution is 5.66. The van der Waals surface area contributed by atoms with E-state index in [-0.39, 0.29) is 42.5 Å². The number of phenolic OH excluding ortho intramolecular Hbond substituents is 2. The summed E-state index contributed by atoms with van der Waals surface area (Å²) < 4.78 is 17.4. The molecular formula is C29H34N4O5. The zero-order valence-electron chi connectivity index (χ0n) is 22.2. The van der Waals surface area contributed by atoms with Crippen molar-refractivity contribution in [3.8, 4) is 34.8 Å². The number of phenols is 2. The molecule has 2 aromatic carbocycles. The van der Waals surface area contributed by atoms with E-state index in [0.717, 1.165) is 27.8 Å². The van der Waals surface area contributed by atoms with Crippen molar-refractivity contribution < 1.29 is 24.4 Å². The smallest absolute Gasteiger partial charge is 0.231 e. The van der Waals surface area contributed by atoms with E-state index < -0.39 is 6.04 Å². The van der Waals surface area contributed by atoms with Gasteiger partial charge in [-0.15, -0.1) is 6.58 Å². The summed E-state index contributed by atoms with van der Waals surface area (Å²) in [6.07, 6.45) is 2.94. The minimum absolute atomic E-state index is 0.0753. The van der Waals surface area contributed by atoms with E-state index in [1.165, 1.54) is 0 Å². The number of aromatic hydroxyl groups is 2. The minimum atomic E-state index is -0.413. The van der Waals surface area contributed by atoms with Crippen LogP contribution >= 0.6 is 0 Å². The molecule has 200 valence electrons. The summed E-state index contributed by atoms with van der Waals surface area (Å²) in [6, 6.07) is 3.58. The lowest BCUT2D eigenvalue weighted by molar-refractivity contribution is -0.0723. The number of hydrogen-bond acceptors (Lipinski definition) is 9. The van der Waals surface area contributed by atoms with Crippen molar-refractivity contribution in [3.05, 3.63) is 52.1 Å². The lowest BCUT2D eigenvalue weighted by Crippen LogP contribution is -2.68. The van der Waals surface area contributed by atoms with E-state index in [1.54, 1.807) is 13.2 Å². The second-order valence-corrected chi connectivity index (χ2v) is 10.7. The fourth-order valence-electron chi connectivity index (χ4n) is 7.36. The van der Waals surface area contributed by atoms with Crippen molar-refractivity contribution in [2.45, 2.75) is 56.9 Å². The van der Waals surface area contributed by atoms with E-state index in [0.29, 0.717) is 48.7 Å². The molecule has 3 N–H and O–H groups in total. The Morgan fingerprint density at radius 1 is 1.18 bits per heavy atom. The highest BCUT2D eigenvalue weighted by Gasteiger charge is 2.56. The molecule has 1 saturated heterocycles. The van der Waals surface area contributed by atoms with Gasteiger partial charge in [0.2, 0.25) is 6.79 Å². The number of ether oxygens (including phenoxy) is 3. The third kappa shape index (κ3) is 3.27. The molecule has 1 unspecified atom stereocenters. The summed E-state index contributed by atoms with van der Waals surface area (Å²) in [5.74, 6) is 2.07. The number of benzene rings is 2. The van der Waals surface area contributed by atoms with Gasteiger partial charge in [0.1, 0.15) is 11.8 Å². The maximum absolute atomic E-state index is 11.5. The fourth-order valence-corrected chi connectivity index (χ4v) is 7.36. The number of nitrogens with zero attached hydrogens (tertiary/aromatic N) is 3. The number of likely N-dealkylation sites (N-methyl/N-ethyl adjacent to an activating group) is 1. The topological polar surface area (TPSA) is 110 Å². The Morgan fingerprint density at radius 2 is 1.95 bits per heavy atom. The monoisotopic (exact) mass is 518 g/mol. The standard InChI is InChI=1S/C29H34N4O5/c1-6-7-31-12-21-23-17(25(34)15(3)28-29(23)38-13-37-28)10-19-24-22-16(8-14(2)27(36-5)26(22)35)9-18(32(24)4)20(11-30)33(19)21/h6,8,18-21,24,31,34-35H,1,7,9-10,12-13H2,2-5H3/t18-,19?,20-,21-,24-/m0/s1. The van der Waals surface area contributed by atoms with Gasteiger partial charge in [-0.1, -0.05) is 12.1 Å². The predicted molar refractivity (Wildman–Crippen MR) is 141 cm³/mol. The average molecular weight is 519 g/mol. The number of hydrogen-bond donors (Lipinski definition) is 3. The van der Waals surface area contributed by atoms with Gasteiger partial charge in [-0.2, -0.15) is 5.26 Å². The highest BCUT2D eigenvalue weighted by Crippen LogP contribution is 2.58. The molecule has 0 saturated carbocycles. The van der Waals surface area contributed by atoms with Crippen LogP contribution in [0.25, 0.3) is 0 Å². The lowest BCUT2D eigenvalue weighted by Gasteiger charge is -2.60. The molecule has 4 heterocycles. The van der Waals surface area contributed by atoms with Gasteiger partial charge < -0.3 is 29.7 Å². The van der Waals surface area contributed by atoms with Crippen LogP contribution in [-0.2, 0) is 12.8 Å². The molecule has 4 aliphatic rings. The van der Waals surface area contributed by atoms with Crippen molar-refractivity contribution in [1.82, 2.24) is 15.1 Å². The van der Waals surface area contributed by atoms with Gasteiger partial charge in [0.05, 0.1) is 25.3 Å². The van der Waals surface area contributed by atoms with Gasteiger partial charge in [-0.05, 0) is 44.9 Å². The summed E-state index contributed by atoms with van der Waals surface area (Å²) in [5, 5.41) is 37.0. The number of methoxy groups -OCH3 is 1. The van der Waals surface area contributed by atoms with Crippen molar-refractivity contribution in [2.75, 3.05) is 34.0 Å². The Kier molecular flexibility index (Phi) is 5.94. The molecule has 2 bridgehead atoms. The normalized spacial score (nSPS) is 27.2. The third-order valence-electron chi connectivity index (χ3n) is 8.92. The molecule has 0 aromatic heterocycles. The molecule has 1 fully saturated rings. The second-order valence-electron chi connectivity index (χ2n) is 10.7. The molecule has 0 radical (unpaired) electrons. The Hall–Kier alpha value is -3.45. The quantitative estimate of drug-likeness (QED) is 0.406. The Labute approximate surface area is 222 Å². The molecule has 9 nitrogen and oxygen atoms in total. The van der Waals surface area contributed by atoms with Crippen LogP contribution in [0.1, 0.15) is 45.5 Å². The number of fused-ring (bicyclic) bond motifs is 9. The molecule has 0 amide bonds. The number of nitriles is 1. The zero-order valence-corrected chi connectivity index (χ0v) is 22.2. The minimum Gasteiger partial charge on any atom is -0.507 e. The van der Waals surface area contributed by atoms with E-state index in [2.05, 4.69) is 33.8 Å². The maximum Gasteiger partial charge on any atom is 0.231 e. The highest BCUT2D eigenvalue weighted by atomic mass is 16.7. The average Bonchev–Trinajstić information content (AvgIpc) is 3.38. The molecule has 0 aliphatic carbocycles. The van der Waals surface area contributed by atoms with Crippen LogP contribution in [0.5, 0.6) is 28.7 Å². The molecule has 9 heteroatoms. The molecule has 5 atom stereocenters. The Balaban J connectivity index is 1.59. The first-order valence-electron chi connectivity index (χ1n) is 13.1. The summed E-state index contributed by atoms with van der Waals surface area (Å²) in [5.41, 5.74) is 5.11. The third-order valence-corrected chi connectivity index (χ3v) is 8.92. The van der Waals surface area contributed by atoms with Crippen LogP contribution in [-0.4, -0.2) is 72.2 Å². The molecule has 0 spiro atoms. The molecule has 2 aromatic rings. The van der Waals surface area contributed by atoms with Crippen molar-refractivity contribution in [2.24, 2.45) is 0 Å². The van der Waals surface area contributed by atoms with Crippen LogP contribution in [0.3, 0.4) is 0 Å². The van der Waals surface area contributed by atoms with Crippen molar-refractivity contribution in [1.29, 1.82) is 5.26 Å². The van der Waals surface area contributed by atoms with Crippen molar-refractivity contribution >= 4 is 0 Å². The fraction of sp³-hybridized carbons (Fsp3) is 0.483. The van der Waals surface area contributed by atoms with Crippen LogP contribution in [0.15, 0.2) is 18.7 Å². The molecule has 6 rings (SSSR count). The van der Waals surface area contributed by atoms with E-state index in [1.807, 2.05) is 20.9 Å². The maximum atomic E-state index is 11.5. The van der Waals surface area contributed by atoms with E-state index in [4.69, 9.17) is 14.2 Å². The first-order valence-corrected chi connectivity index (χ1v) is 13.1. The summed E-state index contributed by atoms with van der Waals surface area (Å²) in [7, 11) is 3.61. The summed E-state index contributed by atoms with van der Waals surface area (Å²) >= 11 is 0. The van der Waals surface area contributed by atoms with E-state index in [9.17, 15) is 15.5 Å².